The highest BCUT2D eigenvalue weighted by molar-refractivity contribution is 5.39. The Bertz CT molecular complexity index is 621. The predicted octanol–water partition coefficient (Wildman–Crippen LogP) is 4.98. The van der Waals surface area contributed by atoms with Crippen molar-refractivity contribution in [1.29, 1.82) is 0 Å². The maximum Gasteiger partial charge on any atom is 0.218 e. The predicted molar refractivity (Wildman–Crippen MR) is 113 cm³/mol. The highest BCUT2D eigenvalue weighted by Crippen LogP contribution is 2.43. The number of nitrogens with zero attached hydrogens (tertiary/aromatic N) is 1. The largest absolute Gasteiger partial charge is 0.481 e. The fraction of sp³-hybridized carbons (Fsp3) is 0.783. The van der Waals surface area contributed by atoms with Crippen LogP contribution in [0.25, 0.3) is 0 Å². The van der Waals surface area contributed by atoms with Crippen LogP contribution in [-0.4, -0.2) is 43.8 Å². The Morgan fingerprint density at radius 2 is 1.90 bits per heavy atom. The first kappa shape index (κ1) is 24.1. The van der Waals surface area contributed by atoms with E-state index in [4.69, 9.17) is 23.7 Å². The first-order valence-electron chi connectivity index (χ1n) is 11.0. The summed E-state index contributed by atoms with van der Waals surface area (Å²) in [6.45, 7) is 12.6. The Labute approximate surface area is 176 Å². The molecule has 1 aromatic heterocycles. The minimum absolute atomic E-state index is 0.221. The number of rotatable bonds is 13. The van der Waals surface area contributed by atoms with Crippen LogP contribution < -0.4 is 4.74 Å². The van der Waals surface area contributed by atoms with E-state index in [1.165, 1.54) is 0 Å². The number of pyridine rings is 1. The SMILES string of the molecule is CCCCOCc1c([C@](CC)(OCCCC)[C@H]2COC(C)(C)O2)ccnc1OC. The fourth-order valence-corrected chi connectivity index (χ4v) is 3.79. The number of hydrogen-bond acceptors (Lipinski definition) is 6. The van der Waals surface area contributed by atoms with Gasteiger partial charge in [-0.05, 0) is 44.7 Å². The average Bonchev–Trinajstić information content (AvgIpc) is 3.09. The Balaban J connectivity index is 2.45. The Morgan fingerprint density at radius 1 is 1.17 bits per heavy atom. The molecule has 1 aliphatic heterocycles. The summed E-state index contributed by atoms with van der Waals surface area (Å²) in [6, 6.07) is 2.02. The highest BCUT2D eigenvalue weighted by atomic mass is 16.8. The van der Waals surface area contributed by atoms with Gasteiger partial charge in [-0.3, -0.25) is 0 Å². The van der Waals surface area contributed by atoms with Gasteiger partial charge in [-0.15, -0.1) is 0 Å². The van der Waals surface area contributed by atoms with E-state index in [9.17, 15) is 0 Å². The van der Waals surface area contributed by atoms with Crippen LogP contribution >= 0.6 is 0 Å². The molecule has 0 radical (unpaired) electrons. The van der Waals surface area contributed by atoms with Crippen molar-refractivity contribution in [2.75, 3.05) is 26.9 Å². The minimum atomic E-state index is -0.650. The van der Waals surface area contributed by atoms with Crippen molar-refractivity contribution in [1.82, 2.24) is 4.98 Å². The molecule has 0 amide bonds. The van der Waals surface area contributed by atoms with E-state index in [1.807, 2.05) is 19.9 Å². The zero-order valence-electron chi connectivity index (χ0n) is 19.1. The minimum Gasteiger partial charge on any atom is -0.481 e. The van der Waals surface area contributed by atoms with Gasteiger partial charge >= 0.3 is 0 Å². The number of hydrogen-bond donors (Lipinski definition) is 0. The van der Waals surface area contributed by atoms with Crippen molar-refractivity contribution in [2.45, 2.75) is 90.8 Å². The van der Waals surface area contributed by atoms with Crippen molar-refractivity contribution in [3.8, 4) is 5.88 Å². The molecule has 0 aromatic carbocycles. The summed E-state index contributed by atoms with van der Waals surface area (Å²) in [4.78, 5) is 4.43. The summed E-state index contributed by atoms with van der Waals surface area (Å²) in [5.41, 5.74) is 1.30. The van der Waals surface area contributed by atoms with E-state index >= 15 is 0 Å². The first-order chi connectivity index (χ1) is 13.9. The van der Waals surface area contributed by atoms with Crippen LogP contribution in [0.3, 0.4) is 0 Å². The smallest absolute Gasteiger partial charge is 0.218 e. The Hall–Kier alpha value is -1.21. The Morgan fingerprint density at radius 3 is 2.48 bits per heavy atom. The molecule has 0 bridgehead atoms. The van der Waals surface area contributed by atoms with Gasteiger partial charge in [0, 0.05) is 25.0 Å². The van der Waals surface area contributed by atoms with Crippen molar-refractivity contribution in [3.63, 3.8) is 0 Å². The Kier molecular flexibility index (Phi) is 9.34. The van der Waals surface area contributed by atoms with Crippen LogP contribution in [0.4, 0.5) is 0 Å². The first-order valence-corrected chi connectivity index (χ1v) is 11.0. The van der Waals surface area contributed by atoms with Gasteiger partial charge in [0.1, 0.15) is 11.7 Å². The standard InChI is InChI=1S/C23H39NO5/c1-7-10-14-26-16-18-19(12-13-24-21(18)25-6)23(9-3,27-15-11-8-2)20-17-28-22(4,5)29-20/h12-13,20H,7-11,14-17H2,1-6H3/t20-,23+/m1/s1. The molecule has 166 valence electrons. The topological polar surface area (TPSA) is 59.0 Å². The van der Waals surface area contributed by atoms with E-state index in [0.29, 0.717) is 32.3 Å². The lowest BCUT2D eigenvalue weighted by atomic mass is 9.83. The molecule has 1 saturated heterocycles. The second kappa shape index (κ2) is 11.3. The number of methoxy groups -OCH3 is 1. The molecule has 2 atom stereocenters. The van der Waals surface area contributed by atoms with E-state index in [1.54, 1.807) is 13.3 Å². The third-order valence-electron chi connectivity index (χ3n) is 5.47. The van der Waals surface area contributed by atoms with E-state index in [2.05, 4.69) is 25.8 Å². The molecule has 1 fully saturated rings. The van der Waals surface area contributed by atoms with Gasteiger partial charge in [-0.25, -0.2) is 4.98 Å². The van der Waals surface area contributed by atoms with Crippen molar-refractivity contribution >= 4 is 0 Å². The molecule has 0 saturated carbocycles. The molecule has 0 aliphatic carbocycles. The van der Waals surface area contributed by atoms with Gasteiger partial charge in [0.15, 0.2) is 5.79 Å². The molecule has 2 heterocycles. The third-order valence-corrected chi connectivity index (χ3v) is 5.47. The van der Waals surface area contributed by atoms with Crippen LogP contribution in [0.1, 0.15) is 77.8 Å². The third kappa shape index (κ3) is 5.91. The summed E-state index contributed by atoms with van der Waals surface area (Å²) in [7, 11) is 1.64. The maximum absolute atomic E-state index is 6.61. The lowest BCUT2D eigenvalue weighted by Crippen LogP contribution is -2.45. The number of ether oxygens (including phenoxy) is 5. The lowest BCUT2D eigenvalue weighted by Gasteiger charge is -2.39. The molecular formula is C23H39NO5. The summed E-state index contributed by atoms with van der Waals surface area (Å²) in [5, 5.41) is 0. The molecule has 1 aliphatic rings. The van der Waals surface area contributed by atoms with Gasteiger partial charge in [-0.2, -0.15) is 0 Å². The number of unbranched alkanes of at least 4 members (excludes halogenated alkanes) is 2. The molecule has 0 unspecified atom stereocenters. The van der Waals surface area contributed by atoms with Gasteiger partial charge in [-0.1, -0.05) is 33.6 Å². The van der Waals surface area contributed by atoms with Crippen LogP contribution in [0, 0.1) is 0 Å². The molecule has 1 aromatic rings. The van der Waals surface area contributed by atoms with Crippen molar-refractivity contribution in [3.05, 3.63) is 23.4 Å². The second-order valence-electron chi connectivity index (χ2n) is 8.01. The fourth-order valence-electron chi connectivity index (χ4n) is 3.79. The van der Waals surface area contributed by atoms with Gasteiger partial charge < -0.3 is 23.7 Å². The zero-order valence-corrected chi connectivity index (χ0v) is 19.1. The van der Waals surface area contributed by atoms with Gasteiger partial charge in [0.05, 0.1) is 20.3 Å². The van der Waals surface area contributed by atoms with Gasteiger partial charge in [0.2, 0.25) is 5.88 Å². The summed E-state index contributed by atoms with van der Waals surface area (Å²) >= 11 is 0. The molecule has 29 heavy (non-hydrogen) atoms. The van der Waals surface area contributed by atoms with Crippen molar-refractivity contribution in [2.24, 2.45) is 0 Å². The quantitative estimate of drug-likeness (QED) is 0.428. The second-order valence-corrected chi connectivity index (χ2v) is 8.01. The highest BCUT2D eigenvalue weighted by Gasteiger charge is 2.49. The van der Waals surface area contributed by atoms with Crippen LogP contribution in [0.15, 0.2) is 12.3 Å². The zero-order chi connectivity index (χ0) is 21.3. The summed E-state index contributed by atoms with van der Waals surface area (Å²) < 4.78 is 30.4. The van der Waals surface area contributed by atoms with Crippen LogP contribution in [0.5, 0.6) is 5.88 Å². The molecule has 6 nitrogen and oxygen atoms in total. The van der Waals surface area contributed by atoms with Gasteiger partial charge in [0.25, 0.3) is 0 Å². The van der Waals surface area contributed by atoms with Crippen LogP contribution in [-0.2, 0) is 31.2 Å². The maximum atomic E-state index is 6.61. The lowest BCUT2D eigenvalue weighted by molar-refractivity contribution is -0.189. The summed E-state index contributed by atoms with van der Waals surface area (Å²) in [6.07, 6.45) is 6.48. The molecule has 6 heteroatoms. The molecule has 0 N–H and O–H groups in total. The van der Waals surface area contributed by atoms with E-state index < -0.39 is 11.4 Å². The van der Waals surface area contributed by atoms with E-state index in [0.717, 1.165) is 43.2 Å². The molecule has 0 spiro atoms. The van der Waals surface area contributed by atoms with E-state index in [-0.39, 0.29) is 6.10 Å². The molecular weight excluding hydrogens is 370 g/mol. The number of aromatic nitrogens is 1. The molecule has 2 rings (SSSR count). The average molecular weight is 410 g/mol. The monoisotopic (exact) mass is 409 g/mol. The summed E-state index contributed by atoms with van der Waals surface area (Å²) in [5.74, 6) is -0.0530. The normalized spacial score (nSPS) is 20.6. The van der Waals surface area contributed by atoms with Crippen molar-refractivity contribution < 1.29 is 23.7 Å². The van der Waals surface area contributed by atoms with Crippen LogP contribution in [0.2, 0.25) is 0 Å².